The molecule has 2 rings (SSSR count). The van der Waals surface area contributed by atoms with Gasteiger partial charge in [-0.1, -0.05) is 35.9 Å². The van der Waals surface area contributed by atoms with Crippen molar-refractivity contribution in [3.8, 4) is 5.75 Å². The molecule has 0 radical (unpaired) electrons. The molecule has 0 unspecified atom stereocenters. The SMILES string of the molecule is Cc1ccc(OCC(=O)NCCN(c2c(C)cccc2C)S(C)(=O)=O)cc1. The van der Waals surface area contributed by atoms with E-state index in [2.05, 4.69) is 5.32 Å². The highest BCUT2D eigenvalue weighted by Gasteiger charge is 2.20. The van der Waals surface area contributed by atoms with E-state index in [4.69, 9.17) is 4.74 Å². The molecule has 1 N–H and O–H groups in total. The van der Waals surface area contributed by atoms with Gasteiger partial charge in [0.15, 0.2) is 6.61 Å². The van der Waals surface area contributed by atoms with Crippen LogP contribution in [0.4, 0.5) is 5.69 Å². The summed E-state index contributed by atoms with van der Waals surface area (Å²) < 4.78 is 31.2. The first-order valence-corrected chi connectivity index (χ1v) is 10.5. The van der Waals surface area contributed by atoms with Gasteiger partial charge in [-0.05, 0) is 44.0 Å². The molecule has 2 aromatic carbocycles. The highest BCUT2D eigenvalue weighted by molar-refractivity contribution is 7.92. The van der Waals surface area contributed by atoms with E-state index in [1.54, 1.807) is 12.1 Å². The lowest BCUT2D eigenvalue weighted by Crippen LogP contribution is -2.40. The summed E-state index contributed by atoms with van der Waals surface area (Å²) in [6.07, 6.45) is 1.17. The van der Waals surface area contributed by atoms with Crippen LogP contribution in [0, 0.1) is 20.8 Å². The number of amides is 1. The summed E-state index contributed by atoms with van der Waals surface area (Å²) in [6.45, 7) is 5.94. The van der Waals surface area contributed by atoms with E-state index < -0.39 is 10.0 Å². The average Bonchev–Trinajstić information content (AvgIpc) is 2.58. The normalized spacial score (nSPS) is 11.1. The number of hydrogen-bond acceptors (Lipinski definition) is 4. The first kappa shape index (κ1) is 20.8. The van der Waals surface area contributed by atoms with Gasteiger partial charge in [0.25, 0.3) is 5.91 Å². The van der Waals surface area contributed by atoms with E-state index in [9.17, 15) is 13.2 Å². The lowest BCUT2D eigenvalue weighted by molar-refractivity contribution is -0.123. The number of carbonyl (C=O) groups excluding carboxylic acids is 1. The molecule has 0 heterocycles. The van der Waals surface area contributed by atoms with Gasteiger partial charge in [0.1, 0.15) is 5.75 Å². The molecular formula is C20H26N2O4S. The Morgan fingerprint density at radius 2 is 1.63 bits per heavy atom. The second-order valence-corrected chi connectivity index (χ2v) is 8.43. The standard InChI is InChI=1S/C20H26N2O4S/c1-15-8-10-18(11-9-15)26-14-19(23)21-12-13-22(27(4,24)25)20-16(2)6-5-7-17(20)3/h5-11H,12-14H2,1-4H3,(H,21,23). The highest BCUT2D eigenvalue weighted by Crippen LogP contribution is 2.26. The number of benzene rings is 2. The number of nitrogens with zero attached hydrogens (tertiary/aromatic N) is 1. The highest BCUT2D eigenvalue weighted by atomic mass is 32.2. The molecule has 0 aliphatic heterocycles. The van der Waals surface area contributed by atoms with Crippen molar-refractivity contribution in [3.63, 3.8) is 0 Å². The van der Waals surface area contributed by atoms with Crippen molar-refractivity contribution in [2.75, 3.05) is 30.3 Å². The number of anilines is 1. The molecule has 0 aliphatic carbocycles. The van der Waals surface area contributed by atoms with Crippen molar-refractivity contribution in [1.82, 2.24) is 5.32 Å². The Morgan fingerprint density at radius 1 is 1.04 bits per heavy atom. The monoisotopic (exact) mass is 390 g/mol. The fraction of sp³-hybridized carbons (Fsp3) is 0.350. The van der Waals surface area contributed by atoms with E-state index in [1.807, 2.05) is 51.1 Å². The molecule has 0 aromatic heterocycles. The summed E-state index contributed by atoms with van der Waals surface area (Å²) in [7, 11) is -3.47. The third kappa shape index (κ3) is 5.99. The maximum Gasteiger partial charge on any atom is 0.258 e. The maximum atomic E-state index is 12.2. The van der Waals surface area contributed by atoms with Crippen molar-refractivity contribution in [1.29, 1.82) is 0 Å². The number of hydrogen-bond donors (Lipinski definition) is 1. The molecule has 0 bridgehead atoms. The summed E-state index contributed by atoms with van der Waals surface area (Å²) in [4.78, 5) is 12.0. The number of para-hydroxylation sites is 1. The van der Waals surface area contributed by atoms with Gasteiger partial charge < -0.3 is 10.1 Å². The summed E-state index contributed by atoms with van der Waals surface area (Å²) in [6, 6.07) is 13.0. The Kier molecular flexibility index (Phi) is 6.85. The van der Waals surface area contributed by atoms with Gasteiger partial charge in [-0.2, -0.15) is 0 Å². The molecule has 27 heavy (non-hydrogen) atoms. The van der Waals surface area contributed by atoms with E-state index in [1.165, 1.54) is 10.6 Å². The molecule has 0 saturated carbocycles. The van der Waals surface area contributed by atoms with Crippen LogP contribution >= 0.6 is 0 Å². The zero-order valence-corrected chi connectivity index (χ0v) is 17.0. The summed E-state index contributed by atoms with van der Waals surface area (Å²) in [5, 5.41) is 2.71. The van der Waals surface area contributed by atoms with Crippen molar-refractivity contribution >= 4 is 21.6 Å². The molecule has 6 nitrogen and oxygen atoms in total. The molecule has 2 aromatic rings. The molecule has 0 aliphatic rings. The number of rotatable bonds is 8. The third-order valence-electron chi connectivity index (χ3n) is 4.12. The van der Waals surface area contributed by atoms with E-state index in [0.29, 0.717) is 11.4 Å². The van der Waals surface area contributed by atoms with Crippen LogP contribution < -0.4 is 14.4 Å². The number of nitrogens with one attached hydrogen (secondary N) is 1. The Bertz CT molecular complexity index is 872. The molecule has 0 saturated heterocycles. The summed E-state index contributed by atoms with van der Waals surface area (Å²) in [5.41, 5.74) is 3.51. The zero-order chi connectivity index (χ0) is 20.0. The minimum atomic E-state index is -3.47. The number of sulfonamides is 1. The molecule has 0 fully saturated rings. The van der Waals surface area contributed by atoms with Crippen LogP contribution in [-0.2, 0) is 14.8 Å². The molecule has 1 amide bonds. The Labute approximate surface area is 161 Å². The van der Waals surface area contributed by atoms with Crippen LogP contribution in [0.3, 0.4) is 0 Å². The van der Waals surface area contributed by atoms with Crippen LogP contribution in [0.5, 0.6) is 5.75 Å². The van der Waals surface area contributed by atoms with Crippen LogP contribution in [0.1, 0.15) is 16.7 Å². The van der Waals surface area contributed by atoms with E-state index in [-0.39, 0.29) is 25.6 Å². The topological polar surface area (TPSA) is 75.7 Å². The fourth-order valence-corrected chi connectivity index (χ4v) is 3.82. The second-order valence-electron chi connectivity index (χ2n) is 6.53. The van der Waals surface area contributed by atoms with Gasteiger partial charge in [-0.3, -0.25) is 9.10 Å². The molecule has 0 spiro atoms. The van der Waals surface area contributed by atoms with Crippen LogP contribution in [0.15, 0.2) is 42.5 Å². The predicted molar refractivity (Wildman–Crippen MR) is 108 cm³/mol. The minimum Gasteiger partial charge on any atom is -0.484 e. The van der Waals surface area contributed by atoms with Crippen LogP contribution in [0.2, 0.25) is 0 Å². The van der Waals surface area contributed by atoms with Gasteiger partial charge in [0.2, 0.25) is 10.0 Å². The third-order valence-corrected chi connectivity index (χ3v) is 5.28. The minimum absolute atomic E-state index is 0.120. The number of carbonyl (C=O) groups is 1. The molecule has 7 heteroatoms. The summed E-state index contributed by atoms with van der Waals surface area (Å²) >= 11 is 0. The Balaban J connectivity index is 1.94. The molecular weight excluding hydrogens is 364 g/mol. The van der Waals surface area contributed by atoms with Crippen LogP contribution in [0.25, 0.3) is 0 Å². The molecule has 146 valence electrons. The van der Waals surface area contributed by atoms with Crippen molar-refractivity contribution in [2.45, 2.75) is 20.8 Å². The van der Waals surface area contributed by atoms with Gasteiger partial charge in [-0.25, -0.2) is 8.42 Å². The van der Waals surface area contributed by atoms with Gasteiger partial charge in [-0.15, -0.1) is 0 Å². The number of aryl methyl sites for hydroxylation is 3. The summed E-state index contributed by atoms with van der Waals surface area (Å²) in [5.74, 6) is 0.314. The smallest absolute Gasteiger partial charge is 0.258 e. The average molecular weight is 391 g/mol. The Hall–Kier alpha value is -2.54. The van der Waals surface area contributed by atoms with Crippen molar-refractivity contribution in [2.24, 2.45) is 0 Å². The van der Waals surface area contributed by atoms with E-state index >= 15 is 0 Å². The predicted octanol–water partition coefficient (Wildman–Crippen LogP) is 2.57. The first-order valence-electron chi connectivity index (χ1n) is 8.68. The van der Waals surface area contributed by atoms with Gasteiger partial charge >= 0.3 is 0 Å². The lowest BCUT2D eigenvalue weighted by atomic mass is 10.1. The second kappa shape index (κ2) is 8.90. The Morgan fingerprint density at radius 3 is 2.19 bits per heavy atom. The molecule has 0 atom stereocenters. The van der Waals surface area contributed by atoms with Crippen molar-refractivity contribution in [3.05, 3.63) is 59.2 Å². The maximum absolute atomic E-state index is 12.2. The van der Waals surface area contributed by atoms with E-state index in [0.717, 1.165) is 16.7 Å². The van der Waals surface area contributed by atoms with Crippen molar-refractivity contribution < 1.29 is 17.9 Å². The van der Waals surface area contributed by atoms with Crippen LogP contribution in [-0.4, -0.2) is 40.3 Å². The quantitative estimate of drug-likeness (QED) is 0.752. The van der Waals surface area contributed by atoms with Gasteiger partial charge in [0.05, 0.1) is 18.5 Å². The van der Waals surface area contributed by atoms with Gasteiger partial charge in [0, 0.05) is 6.54 Å². The zero-order valence-electron chi connectivity index (χ0n) is 16.2. The number of ether oxygens (including phenoxy) is 1. The fourth-order valence-electron chi connectivity index (χ4n) is 2.77. The largest absolute Gasteiger partial charge is 0.484 e. The lowest BCUT2D eigenvalue weighted by Gasteiger charge is -2.26. The first-order chi connectivity index (χ1) is 12.7.